The van der Waals surface area contributed by atoms with Crippen LogP contribution < -0.4 is 10.1 Å². The van der Waals surface area contributed by atoms with Crippen LogP contribution in [-0.4, -0.2) is 35.9 Å². The summed E-state index contributed by atoms with van der Waals surface area (Å²) in [6, 6.07) is 9.55. The maximum Gasteiger partial charge on any atom is 0.261 e. The molecule has 0 saturated carbocycles. The van der Waals surface area contributed by atoms with Crippen LogP contribution >= 0.6 is 50.7 Å². The van der Waals surface area contributed by atoms with Crippen molar-refractivity contribution < 1.29 is 14.3 Å². The van der Waals surface area contributed by atoms with Crippen molar-refractivity contribution in [2.24, 2.45) is 0 Å². The van der Waals surface area contributed by atoms with E-state index in [1.54, 1.807) is 36.4 Å². The maximum atomic E-state index is 13.2. The highest BCUT2D eigenvalue weighted by atomic mass is 79.9. The number of benzene rings is 2. The van der Waals surface area contributed by atoms with Gasteiger partial charge in [0, 0.05) is 33.2 Å². The first kappa shape index (κ1) is 26.8. The molecule has 2 aromatic carbocycles. The minimum Gasteiger partial charge on any atom is -0.482 e. The number of halogens is 4. The molecule has 0 aliphatic heterocycles. The first-order valence-electron chi connectivity index (χ1n) is 10.4. The summed E-state index contributed by atoms with van der Waals surface area (Å²) in [7, 11) is 0. The summed E-state index contributed by atoms with van der Waals surface area (Å²) in [5, 5.41) is 4.13. The summed E-state index contributed by atoms with van der Waals surface area (Å²) in [5.74, 6) is -0.226. The average molecular weight is 565 g/mol. The molecule has 9 heteroatoms. The van der Waals surface area contributed by atoms with Crippen LogP contribution in [0.2, 0.25) is 15.1 Å². The third-order valence-corrected chi connectivity index (χ3v) is 6.35. The number of carbonyl (C=O) groups is 2. The van der Waals surface area contributed by atoms with E-state index in [-0.39, 0.29) is 25.0 Å². The lowest BCUT2D eigenvalue weighted by Crippen LogP contribution is -2.50. The van der Waals surface area contributed by atoms with Crippen molar-refractivity contribution in [1.29, 1.82) is 0 Å². The third kappa shape index (κ3) is 7.55. The maximum absolute atomic E-state index is 13.2. The van der Waals surface area contributed by atoms with Crippen LogP contribution in [0.3, 0.4) is 0 Å². The molecule has 0 aliphatic carbocycles. The number of unbranched alkanes of at least 4 members (excludes halogenated alkanes) is 1. The second-order valence-electron chi connectivity index (χ2n) is 7.15. The Morgan fingerprint density at radius 3 is 2.38 bits per heavy atom. The molecule has 0 aliphatic rings. The van der Waals surface area contributed by atoms with Gasteiger partial charge in [-0.2, -0.15) is 0 Å². The van der Waals surface area contributed by atoms with Gasteiger partial charge < -0.3 is 15.0 Å². The molecule has 1 N–H and O–H groups in total. The van der Waals surface area contributed by atoms with E-state index in [4.69, 9.17) is 39.5 Å². The lowest BCUT2D eigenvalue weighted by atomic mass is 10.1. The van der Waals surface area contributed by atoms with Gasteiger partial charge in [0.05, 0.1) is 5.02 Å². The Kier molecular flexibility index (Phi) is 11.1. The fraction of sp³-hybridized carbons (Fsp3) is 0.391. The Morgan fingerprint density at radius 2 is 1.78 bits per heavy atom. The van der Waals surface area contributed by atoms with Crippen LogP contribution in [0.1, 0.15) is 38.7 Å². The molecule has 32 heavy (non-hydrogen) atoms. The molecule has 0 bridgehead atoms. The van der Waals surface area contributed by atoms with Crippen molar-refractivity contribution in [2.75, 3.05) is 13.2 Å². The molecular formula is C23H26BrCl3N2O3. The number of carbonyl (C=O) groups excluding carboxylic acids is 2. The molecule has 2 rings (SSSR count). The first-order chi connectivity index (χ1) is 15.3. The fourth-order valence-corrected chi connectivity index (χ4v) is 4.34. The zero-order valence-electron chi connectivity index (χ0n) is 18.0. The fourth-order valence-electron chi connectivity index (χ4n) is 3.09. The topological polar surface area (TPSA) is 58.6 Å². The van der Waals surface area contributed by atoms with Gasteiger partial charge >= 0.3 is 0 Å². The number of rotatable bonds is 11. The minimum absolute atomic E-state index is 0.0779. The number of ether oxygens (including phenoxy) is 1. The summed E-state index contributed by atoms with van der Waals surface area (Å²) in [6.45, 7) is 4.23. The van der Waals surface area contributed by atoms with Gasteiger partial charge in [-0.25, -0.2) is 0 Å². The minimum atomic E-state index is -0.698. The van der Waals surface area contributed by atoms with Gasteiger partial charge in [-0.15, -0.1) is 0 Å². The van der Waals surface area contributed by atoms with E-state index < -0.39 is 6.04 Å². The number of hydrogen-bond acceptors (Lipinski definition) is 3. The molecule has 174 valence electrons. The van der Waals surface area contributed by atoms with Crippen molar-refractivity contribution in [3.8, 4) is 5.75 Å². The molecule has 1 atom stereocenters. The van der Waals surface area contributed by atoms with E-state index >= 15 is 0 Å². The Morgan fingerprint density at radius 1 is 1.09 bits per heavy atom. The van der Waals surface area contributed by atoms with Crippen LogP contribution in [0, 0.1) is 0 Å². The van der Waals surface area contributed by atoms with Gasteiger partial charge in [0.2, 0.25) is 5.91 Å². The number of nitrogens with zero attached hydrogens (tertiary/aromatic N) is 1. The Hall–Kier alpha value is -1.47. The van der Waals surface area contributed by atoms with E-state index in [0.717, 1.165) is 17.3 Å². The molecule has 0 saturated heterocycles. The van der Waals surface area contributed by atoms with Gasteiger partial charge in [0.25, 0.3) is 5.91 Å². The van der Waals surface area contributed by atoms with Crippen molar-refractivity contribution in [1.82, 2.24) is 10.2 Å². The van der Waals surface area contributed by atoms with Crippen LogP contribution in [-0.2, 0) is 16.1 Å². The van der Waals surface area contributed by atoms with Gasteiger partial charge in [0.1, 0.15) is 11.8 Å². The van der Waals surface area contributed by atoms with Crippen molar-refractivity contribution in [2.45, 2.75) is 45.7 Å². The lowest BCUT2D eigenvalue weighted by molar-refractivity contribution is -0.143. The van der Waals surface area contributed by atoms with Gasteiger partial charge in [0.15, 0.2) is 6.61 Å². The van der Waals surface area contributed by atoms with E-state index in [9.17, 15) is 9.59 Å². The van der Waals surface area contributed by atoms with E-state index in [2.05, 4.69) is 21.2 Å². The van der Waals surface area contributed by atoms with Crippen LogP contribution in [0.25, 0.3) is 0 Å². The second kappa shape index (κ2) is 13.3. The zero-order valence-corrected chi connectivity index (χ0v) is 21.8. The molecule has 0 unspecified atom stereocenters. The van der Waals surface area contributed by atoms with Gasteiger partial charge in [-0.1, -0.05) is 77.1 Å². The van der Waals surface area contributed by atoms with Crippen LogP contribution in [0.5, 0.6) is 5.75 Å². The predicted molar refractivity (Wildman–Crippen MR) is 134 cm³/mol. The third-order valence-electron chi connectivity index (χ3n) is 4.85. The van der Waals surface area contributed by atoms with E-state index in [1.165, 1.54) is 4.90 Å². The highest BCUT2D eigenvalue weighted by molar-refractivity contribution is 9.10. The predicted octanol–water partition coefficient (Wildman–Crippen LogP) is 6.51. The van der Waals surface area contributed by atoms with Gasteiger partial charge in [-0.05, 0) is 43.2 Å². The summed E-state index contributed by atoms with van der Waals surface area (Å²) in [4.78, 5) is 27.6. The lowest BCUT2D eigenvalue weighted by Gasteiger charge is -2.31. The molecule has 0 spiro atoms. The normalized spacial score (nSPS) is 11.7. The Balaban J connectivity index is 2.26. The molecule has 2 aromatic rings. The molecule has 2 amide bonds. The van der Waals surface area contributed by atoms with Crippen molar-refractivity contribution >= 4 is 62.5 Å². The largest absolute Gasteiger partial charge is 0.482 e. The monoisotopic (exact) mass is 562 g/mol. The highest BCUT2D eigenvalue weighted by Gasteiger charge is 2.30. The highest BCUT2D eigenvalue weighted by Crippen LogP contribution is 2.29. The zero-order chi connectivity index (χ0) is 23.7. The summed E-state index contributed by atoms with van der Waals surface area (Å²) in [6.07, 6.45) is 2.24. The standard InChI is InChI=1S/C23H26BrCl3N2O3/c1-3-5-11-28-23(31)20(4-2)29(13-16-17(25)7-6-8-18(16)26)22(30)14-32-21-10-9-15(24)12-19(21)27/h6-10,12,20H,3-5,11,13-14H2,1-2H3,(H,28,31)/t20-/m0/s1. The molecule has 0 aromatic heterocycles. The molecule has 0 fully saturated rings. The van der Waals surface area contributed by atoms with Crippen LogP contribution in [0.4, 0.5) is 0 Å². The van der Waals surface area contributed by atoms with Crippen LogP contribution in [0.15, 0.2) is 40.9 Å². The molecule has 0 radical (unpaired) electrons. The summed E-state index contributed by atoms with van der Waals surface area (Å²) < 4.78 is 6.46. The Labute approximate surface area is 212 Å². The summed E-state index contributed by atoms with van der Waals surface area (Å²) in [5.41, 5.74) is 0.575. The number of amides is 2. The summed E-state index contributed by atoms with van der Waals surface area (Å²) >= 11 is 22.2. The van der Waals surface area contributed by atoms with E-state index in [0.29, 0.717) is 39.3 Å². The van der Waals surface area contributed by atoms with Crippen molar-refractivity contribution in [3.63, 3.8) is 0 Å². The molecule has 0 heterocycles. The first-order valence-corrected chi connectivity index (χ1v) is 12.3. The number of nitrogens with one attached hydrogen (secondary N) is 1. The number of hydrogen-bond donors (Lipinski definition) is 1. The molecule has 5 nitrogen and oxygen atoms in total. The second-order valence-corrected chi connectivity index (χ2v) is 9.29. The SMILES string of the molecule is CCCCNC(=O)[C@H](CC)N(Cc1c(Cl)cccc1Cl)C(=O)COc1ccc(Br)cc1Cl. The van der Waals surface area contributed by atoms with Crippen molar-refractivity contribution in [3.05, 3.63) is 61.5 Å². The Bertz CT molecular complexity index is 922. The quantitative estimate of drug-likeness (QED) is 0.317. The van der Waals surface area contributed by atoms with Gasteiger partial charge in [-0.3, -0.25) is 9.59 Å². The smallest absolute Gasteiger partial charge is 0.261 e. The molecular weight excluding hydrogens is 539 g/mol. The average Bonchev–Trinajstić information content (AvgIpc) is 2.75. The van der Waals surface area contributed by atoms with E-state index in [1.807, 2.05) is 13.8 Å².